The Morgan fingerprint density at radius 1 is 1.03 bits per heavy atom. The minimum Gasteiger partial charge on any atom is -0.507 e. The van der Waals surface area contributed by atoms with Gasteiger partial charge in [0, 0.05) is 28.1 Å². The van der Waals surface area contributed by atoms with Gasteiger partial charge in [0.2, 0.25) is 0 Å². The summed E-state index contributed by atoms with van der Waals surface area (Å²) >= 11 is 6.27. The Labute approximate surface area is 188 Å². The molecule has 0 aliphatic heterocycles. The van der Waals surface area contributed by atoms with Gasteiger partial charge in [-0.15, -0.1) is 0 Å². The molecule has 2 N–H and O–H groups in total. The van der Waals surface area contributed by atoms with Crippen molar-refractivity contribution in [2.45, 2.75) is 40.0 Å². The average molecular weight is 435 g/mol. The molecule has 160 valence electrons. The zero-order valence-electron chi connectivity index (χ0n) is 18.5. The molecule has 0 saturated carbocycles. The molecule has 0 spiro atoms. The molecule has 0 fully saturated rings. The number of nitrogens with one attached hydrogen (secondary N) is 1. The molecule has 0 atom stereocenters. The molecule has 0 heterocycles. The number of benzene rings is 3. The number of aromatic hydroxyl groups is 1. The Balaban J connectivity index is 1.70. The van der Waals surface area contributed by atoms with E-state index in [1.54, 1.807) is 36.5 Å². The van der Waals surface area contributed by atoms with Crippen LogP contribution in [0, 0.1) is 13.8 Å². The maximum atomic E-state index is 12.5. The lowest BCUT2D eigenvalue weighted by molar-refractivity contribution is 0.102. The highest BCUT2D eigenvalue weighted by atomic mass is 35.5. The van der Waals surface area contributed by atoms with Crippen molar-refractivity contribution in [3.63, 3.8) is 0 Å². The van der Waals surface area contributed by atoms with E-state index in [0.717, 1.165) is 11.1 Å². The molecule has 0 radical (unpaired) electrons. The molecule has 0 bridgehead atoms. The predicted octanol–water partition coefficient (Wildman–Crippen LogP) is 6.96. The maximum Gasteiger partial charge on any atom is 0.255 e. The van der Waals surface area contributed by atoms with Crippen LogP contribution in [0.1, 0.15) is 53.4 Å². The summed E-state index contributed by atoms with van der Waals surface area (Å²) < 4.78 is 0. The standard InChI is InChI=1S/C26H27ClN2O2/c1-16-14-23(30)22(17(2)24(16)27)15-28-20-10-12-21(13-11-20)29-25(31)18-6-8-19(9-7-18)26(3,4)5/h6-15,30H,1-5H3,(H,29,31). The summed E-state index contributed by atoms with van der Waals surface area (Å²) in [5, 5.41) is 13.7. The fourth-order valence-electron chi connectivity index (χ4n) is 3.21. The van der Waals surface area contributed by atoms with Crippen molar-refractivity contribution in [3.8, 4) is 5.75 Å². The Hall–Kier alpha value is -3.11. The number of carbonyl (C=O) groups excluding carboxylic acids is 1. The van der Waals surface area contributed by atoms with Crippen LogP contribution in [0.25, 0.3) is 0 Å². The van der Waals surface area contributed by atoms with E-state index >= 15 is 0 Å². The van der Waals surface area contributed by atoms with Crippen LogP contribution in [0.15, 0.2) is 59.6 Å². The number of phenolic OH excluding ortho intramolecular Hbond substituents is 1. The number of hydrogen-bond donors (Lipinski definition) is 2. The second-order valence-corrected chi connectivity index (χ2v) is 9.03. The first-order chi connectivity index (χ1) is 14.6. The molecule has 3 aromatic carbocycles. The smallest absolute Gasteiger partial charge is 0.255 e. The molecule has 0 unspecified atom stereocenters. The third-order valence-electron chi connectivity index (χ3n) is 5.19. The summed E-state index contributed by atoms with van der Waals surface area (Å²) in [5.74, 6) is -0.0175. The number of aliphatic imine (C=N–C) groups is 1. The number of anilines is 1. The van der Waals surface area contributed by atoms with Crippen LogP contribution in [0.2, 0.25) is 5.02 Å². The molecule has 5 heteroatoms. The minimum atomic E-state index is -0.161. The summed E-state index contributed by atoms with van der Waals surface area (Å²) in [6.45, 7) is 10.1. The SMILES string of the molecule is Cc1cc(O)c(C=Nc2ccc(NC(=O)c3ccc(C(C)(C)C)cc3)cc2)c(C)c1Cl. The predicted molar refractivity (Wildman–Crippen MR) is 129 cm³/mol. The van der Waals surface area contributed by atoms with E-state index in [1.807, 2.05) is 38.1 Å². The molecule has 4 nitrogen and oxygen atoms in total. The highest BCUT2D eigenvalue weighted by molar-refractivity contribution is 6.32. The van der Waals surface area contributed by atoms with E-state index < -0.39 is 0 Å². The summed E-state index contributed by atoms with van der Waals surface area (Å²) in [6.07, 6.45) is 1.60. The molecule has 3 rings (SSSR count). The quantitative estimate of drug-likeness (QED) is 0.436. The fourth-order valence-corrected chi connectivity index (χ4v) is 3.37. The third kappa shape index (κ3) is 5.33. The average Bonchev–Trinajstić information content (AvgIpc) is 2.72. The van der Waals surface area contributed by atoms with E-state index in [-0.39, 0.29) is 17.1 Å². The van der Waals surface area contributed by atoms with Crippen molar-refractivity contribution in [1.82, 2.24) is 0 Å². The van der Waals surface area contributed by atoms with Gasteiger partial charge in [0.25, 0.3) is 5.91 Å². The molecule has 0 aliphatic carbocycles. The van der Waals surface area contributed by atoms with Crippen LogP contribution in [0.4, 0.5) is 11.4 Å². The van der Waals surface area contributed by atoms with Crippen molar-refractivity contribution < 1.29 is 9.90 Å². The number of nitrogens with zero attached hydrogens (tertiary/aromatic N) is 1. The number of aryl methyl sites for hydroxylation is 1. The first-order valence-electron chi connectivity index (χ1n) is 10.1. The van der Waals surface area contributed by atoms with Crippen molar-refractivity contribution in [1.29, 1.82) is 0 Å². The van der Waals surface area contributed by atoms with Crippen LogP contribution in [0.3, 0.4) is 0 Å². The minimum absolute atomic E-state index is 0.0462. The van der Waals surface area contributed by atoms with Crippen LogP contribution in [-0.2, 0) is 5.41 Å². The topological polar surface area (TPSA) is 61.7 Å². The van der Waals surface area contributed by atoms with Crippen LogP contribution in [-0.4, -0.2) is 17.2 Å². The Bertz CT molecular complexity index is 1130. The highest BCUT2D eigenvalue weighted by Crippen LogP contribution is 2.30. The van der Waals surface area contributed by atoms with Crippen LogP contribution >= 0.6 is 11.6 Å². The van der Waals surface area contributed by atoms with Gasteiger partial charge in [-0.3, -0.25) is 9.79 Å². The number of carbonyl (C=O) groups is 1. The van der Waals surface area contributed by atoms with Gasteiger partial charge in [-0.2, -0.15) is 0 Å². The normalized spacial score (nSPS) is 11.7. The van der Waals surface area contributed by atoms with Gasteiger partial charge in [-0.05, 0) is 78.4 Å². The summed E-state index contributed by atoms with van der Waals surface area (Å²) in [7, 11) is 0. The van der Waals surface area contributed by atoms with Gasteiger partial charge in [-0.1, -0.05) is 44.5 Å². The fraction of sp³-hybridized carbons (Fsp3) is 0.231. The third-order valence-corrected chi connectivity index (χ3v) is 5.77. The van der Waals surface area contributed by atoms with Crippen molar-refractivity contribution in [3.05, 3.63) is 87.4 Å². The molecule has 1 amide bonds. The Kier molecular flexibility index (Phi) is 6.51. The molecule has 0 saturated heterocycles. The maximum absolute atomic E-state index is 12.5. The zero-order chi connectivity index (χ0) is 22.8. The van der Waals surface area contributed by atoms with E-state index in [2.05, 4.69) is 31.1 Å². The number of rotatable bonds is 4. The molecule has 3 aromatic rings. The van der Waals surface area contributed by atoms with Gasteiger partial charge in [0.05, 0.1) is 5.69 Å². The molecular formula is C26H27ClN2O2. The molecule has 0 aliphatic rings. The van der Waals surface area contributed by atoms with Gasteiger partial charge in [-0.25, -0.2) is 0 Å². The number of hydrogen-bond acceptors (Lipinski definition) is 3. The molecule has 0 aromatic heterocycles. The lowest BCUT2D eigenvalue weighted by atomic mass is 9.87. The molecule has 31 heavy (non-hydrogen) atoms. The van der Waals surface area contributed by atoms with Crippen molar-refractivity contribution in [2.75, 3.05) is 5.32 Å². The van der Waals surface area contributed by atoms with Gasteiger partial charge in [0.15, 0.2) is 0 Å². The van der Waals surface area contributed by atoms with Gasteiger partial charge in [0.1, 0.15) is 5.75 Å². The van der Waals surface area contributed by atoms with Gasteiger partial charge < -0.3 is 10.4 Å². The number of halogens is 1. The van der Waals surface area contributed by atoms with E-state index in [4.69, 9.17) is 11.6 Å². The number of phenols is 1. The molecular weight excluding hydrogens is 408 g/mol. The number of amides is 1. The highest BCUT2D eigenvalue weighted by Gasteiger charge is 2.14. The Morgan fingerprint density at radius 3 is 2.23 bits per heavy atom. The van der Waals surface area contributed by atoms with Crippen molar-refractivity contribution in [2.24, 2.45) is 4.99 Å². The first kappa shape index (κ1) is 22.6. The van der Waals surface area contributed by atoms with Crippen LogP contribution < -0.4 is 5.32 Å². The zero-order valence-corrected chi connectivity index (χ0v) is 19.2. The lowest BCUT2D eigenvalue weighted by Gasteiger charge is -2.19. The Morgan fingerprint density at radius 2 is 1.65 bits per heavy atom. The van der Waals surface area contributed by atoms with Crippen molar-refractivity contribution >= 4 is 35.1 Å². The first-order valence-corrected chi connectivity index (χ1v) is 10.5. The summed E-state index contributed by atoms with van der Waals surface area (Å²) in [5.41, 5.74) is 5.41. The van der Waals surface area contributed by atoms with E-state index in [1.165, 1.54) is 5.56 Å². The lowest BCUT2D eigenvalue weighted by Crippen LogP contribution is -2.14. The summed E-state index contributed by atoms with van der Waals surface area (Å²) in [4.78, 5) is 16.9. The largest absolute Gasteiger partial charge is 0.507 e. The monoisotopic (exact) mass is 434 g/mol. The second kappa shape index (κ2) is 8.94. The summed E-state index contributed by atoms with van der Waals surface area (Å²) in [6, 6.07) is 16.5. The van der Waals surface area contributed by atoms with Crippen LogP contribution in [0.5, 0.6) is 5.75 Å². The van der Waals surface area contributed by atoms with E-state index in [9.17, 15) is 9.90 Å². The second-order valence-electron chi connectivity index (χ2n) is 8.65. The van der Waals surface area contributed by atoms with E-state index in [0.29, 0.717) is 27.5 Å². The van der Waals surface area contributed by atoms with Gasteiger partial charge >= 0.3 is 0 Å².